The van der Waals surface area contributed by atoms with E-state index in [0.717, 1.165) is 0 Å². The average Bonchev–Trinajstić information content (AvgIpc) is 2.28. The molecule has 1 aromatic carbocycles. The van der Waals surface area contributed by atoms with Gasteiger partial charge in [-0.15, -0.1) is 0 Å². The number of ketones is 1. The first kappa shape index (κ1) is 13.0. The summed E-state index contributed by atoms with van der Waals surface area (Å²) in [5.41, 5.74) is 0.358. The highest BCUT2D eigenvalue weighted by Crippen LogP contribution is 2.17. The molecular weight excluding hydrogens is 251 g/mol. The summed E-state index contributed by atoms with van der Waals surface area (Å²) in [6, 6.07) is 6.26. The lowest BCUT2D eigenvalue weighted by Crippen LogP contribution is -2.15. The lowest BCUT2D eigenvalue weighted by molar-refractivity contribution is 0.0523. The first-order valence-electron chi connectivity index (χ1n) is 4.66. The van der Waals surface area contributed by atoms with Gasteiger partial charge >= 0.3 is 5.97 Å². The molecule has 0 atom stereocenters. The van der Waals surface area contributed by atoms with Crippen molar-refractivity contribution < 1.29 is 14.3 Å². The van der Waals surface area contributed by atoms with E-state index in [-0.39, 0.29) is 17.7 Å². The second-order valence-electron chi connectivity index (χ2n) is 2.93. The van der Waals surface area contributed by atoms with E-state index in [2.05, 4.69) is 0 Å². The molecule has 0 unspecified atom stereocenters. The molecule has 0 spiro atoms. The maximum absolute atomic E-state index is 11.6. The normalized spacial score (nSPS) is 10.2. The fourth-order valence-corrected chi connectivity index (χ4v) is 1.44. The number of halogens is 2. The van der Waals surface area contributed by atoms with E-state index in [1.165, 1.54) is 12.1 Å². The predicted molar refractivity (Wildman–Crippen MR) is 62.2 cm³/mol. The maximum atomic E-state index is 11.6. The van der Waals surface area contributed by atoms with Crippen LogP contribution < -0.4 is 0 Å². The number of carbonyl (C=O) groups excluding carboxylic acids is 2. The van der Waals surface area contributed by atoms with Crippen LogP contribution in [0.4, 0.5) is 0 Å². The zero-order valence-corrected chi connectivity index (χ0v) is 10.1. The van der Waals surface area contributed by atoms with Crippen molar-refractivity contribution in [3.63, 3.8) is 0 Å². The van der Waals surface area contributed by atoms with Crippen LogP contribution in [0, 0.1) is 0 Å². The number of hydrogen-bond acceptors (Lipinski definition) is 3. The molecule has 3 nitrogen and oxygen atoms in total. The Morgan fingerprint density at radius 3 is 2.31 bits per heavy atom. The topological polar surface area (TPSA) is 43.4 Å². The summed E-state index contributed by atoms with van der Waals surface area (Å²) in [5.74, 6) is -1.06. The zero-order valence-electron chi connectivity index (χ0n) is 8.57. The van der Waals surface area contributed by atoms with Crippen molar-refractivity contribution in [2.24, 2.45) is 0 Å². The molecule has 0 saturated heterocycles. The van der Waals surface area contributed by atoms with Crippen LogP contribution in [0.5, 0.6) is 0 Å². The number of rotatable bonds is 4. The second kappa shape index (κ2) is 5.87. The number of benzene rings is 1. The highest BCUT2D eigenvalue weighted by atomic mass is 35.5. The highest BCUT2D eigenvalue weighted by Gasteiger charge is 2.21. The van der Waals surface area contributed by atoms with Crippen LogP contribution in [-0.4, -0.2) is 23.2 Å². The van der Waals surface area contributed by atoms with Gasteiger partial charge in [0.1, 0.15) is 0 Å². The zero-order chi connectivity index (χ0) is 12.1. The fourth-order valence-electron chi connectivity index (χ4n) is 1.20. The summed E-state index contributed by atoms with van der Waals surface area (Å²) >= 11 is 11.0. The molecule has 0 radical (unpaired) electrons. The van der Waals surface area contributed by atoms with E-state index < -0.39 is 16.6 Å². The van der Waals surface area contributed by atoms with Crippen molar-refractivity contribution in [2.45, 2.75) is 11.8 Å². The Bertz CT molecular complexity index is 402. The summed E-state index contributed by atoms with van der Waals surface area (Å²) in [5, 5.41) is 0. The molecule has 0 aromatic heterocycles. The van der Waals surface area contributed by atoms with Crippen molar-refractivity contribution in [3.8, 4) is 0 Å². The van der Waals surface area contributed by atoms with Gasteiger partial charge in [-0.25, -0.2) is 4.79 Å². The highest BCUT2D eigenvalue weighted by molar-refractivity contribution is 6.55. The third-order valence-electron chi connectivity index (χ3n) is 1.89. The molecule has 0 aliphatic heterocycles. The maximum Gasteiger partial charge on any atom is 0.338 e. The molecule has 0 amide bonds. The Morgan fingerprint density at radius 1 is 1.25 bits per heavy atom. The molecular formula is C11H10Cl2O3. The second-order valence-corrected chi connectivity index (χ2v) is 4.03. The Balaban J connectivity index is 3.10. The van der Waals surface area contributed by atoms with Crippen molar-refractivity contribution in [1.82, 2.24) is 0 Å². The van der Waals surface area contributed by atoms with Gasteiger partial charge in [-0.3, -0.25) is 4.79 Å². The molecule has 1 rings (SSSR count). The summed E-state index contributed by atoms with van der Waals surface area (Å²) in [7, 11) is 0. The van der Waals surface area contributed by atoms with Crippen LogP contribution in [0.15, 0.2) is 24.3 Å². The van der Waals surface area contributed by atoms with Gasteiger partial charge in [-0.05, 0) is 13.0 Å². The first-order chi connectivity index (χ1) is 7.57. The third-order valence-corrected chi connectivity index (χ3v) is 2.28. The van der Waals surface area contributed by atoms with E-state index in [1.54, 1.807) is 19.1 Å². The van der Waals surface area contributed by atoms with Crippen molar-refractivity contribution in [3.05, 3.63) is 35.4 Å². The molecule has 0 bridgehead atoms. The van der Waals surface area contributed by atoms with E-state index in [0.29, 0.717) is 0 Å². The number of esters is 1. The number of carbonyl (C=O) groups is 2. The standard InChI is InChI=1S/C11H10Cl2O3/c1-2-16-11(15)8-6-4-3-5-7(8)9(14)10(12)13/h3-6,10H,2H2,1H3. The number of ether oxygens (including phenoxy) is 1. The smallest absolute Gasteiger partial charge is 0.338 e. The SMILES string of the molecule is CCOC(=O)c1ccccc1C(=O)C(Cl)Cl. The Kier molecular flexibility index (Phi) is 4.77. The van der Waals surface area contributed by atoms with E-state index in [9.17, 15) is 9.59 Å². The molecule has 5 heteroatoms. The fraction of sp³-hybridized carbons (Fsp3) is 0.273. The minimum absolute atomic E-state index is 0.177. The minimum Gasteiger partial charge on any atom is -0.462 e. The van der Waals surface area contributed by atoms with Gasteiger partial charge in [0.2, 0.25) is 0 Å². The molecule has 0 heterocycles. The Hall–Kier alpha value is -1.06. The molecule has 0 aliphatic rings. The molecule has 0 aliphatic carbocycles. The van der Waals surface area contributed by atoms with Gasteiger partial charge in [-0.2, -0.15) is 0 Å². The van der Waals surface area contributed by atoms with Crippen molar-refractivity contribution in [1.29, 1.82) is 0 Å². The third kappa shape index (κ3) is 2.97. The van der Waals surface area contributed by atoms with Gasteiger partial charge < -0.3 is 4.74 Å². The van der Waals surface area contributed by atoms with Gasteiger partial charge in [0.15, 0.2) is 10.6 Å². The summed E-state index contributed by atoms with van der Waals surface area (Å²) in [4.78, 5) is 21.9. The largest absolute Gasteiger partial charge is 0.462 e. The summed E-state index contributed by atoms with van der Waals surface area (Å²) in [6.45, 7) is 1.93. The molecule has 1 aromatic rings. The molecule has 0 saturated carbocycles. The van der Waals surface area contributed by atoms with Gasteiger partial charge in [-0.1, -0.05) is 41.4 Å². The van der Waals surface area contributed by atoms with Gasteiger partial charge in [0.25, 0.3) is 0 Å². The first-order valence-corrected chi connectivity index (χ1v) is 5.53. The van der Waals surface area contributed by atoms with Crippen molar-refractivity contribution in [2.75, 3.05) is 6.61 Å². The van der Waals surface area contributed by atoms with Gasteiger partial charge in [0, 0.05) is 5.56 Å². The predicted octanol–water partition coefficient (Wildman–Crippen LogP) is 2.85. The Labute approximate surface area is 103 Å². The summed E-state index contributed by atoms with van der Waals surface area (Å²) < 4.78 is 4.82. The Morgan fingerprint density at radius 2 is 1.81 bits per heavy atom. The van der Waals surface area contributed by atoms with E-state index >= 15 is 0 Å². The van der Waals surface area contributed by atoms with Crippen LogP contribution in [0.3, 0.4) is 0 Å². The van der Waals surface area contributed by atoms with Crippen LogP contribution >= 0.6 is 23.2 Å². The molecule has 0 fully saturated rings. The lowest BCUT2D eigenvalue weighted by atomic mass is 10.0. The monoisotopic (exact) mass is 260 g/mol. The minimum atomic E-state index is -1.18. The van der Waals surface area contributed by atoms with Crippen LogP contribution in [0.2, 0.25) is 0 Å². The average molecular weight is 261 g/mol. The van der Waals surface area contributed by atoms with E-state index in [1.807, 2.05) is 0 Å². The van der Waals surface area contributed by atoms with Crippen molar-refractivity contribution >= 4 is 35.0 Å². The quantitative estimate of drug-likeness (QED) is 0.475. The molecule has 86 valence electrons. The number of alkyl halides is 2. The van der Waals surface area contributed by atoms with Crippen LogP contribution in [-0.2, 0) is 4.74 Å². The number of hydrogen-bond donors (Lipinski definition) is 0. The van der Waals surface area contributed by atoms with Gasteiger partial charge in [0.05, 0.1) is 12.2 Å². The summed E-state index contributed by atoms with van der Waals surface area (Å²) in [6.07, 6.45) is 0. The lowest BCUT2D eigenvalue weighted by Gasteiger charge is -2.07. The number of Topliss-reactive ketones (excluding diaryl/α,β-unsaturated/α-hetero) is 1. The molecule has 16 heavy (non-hydrogen) atoms. The molecule has 0 N–H and O–H groups in total. The van der Waals surface area contributed by atoms with Crippen LogP contribution in [0.25, 0.3) is 0 Å². The van der Waals surface area contributed by atoms with E-state index in [4.69, 9.17) is 27.9 Å². The van der Waals surface area contributed by atoms with Crippen LogP contribution in [0.1, 0.15) is 27.6 Å².